The molecule has 60 valence electrons. The zero-order valence-corrected chi connectivity index (χ0v) is 6.37. The molecule has 1 N–H and O–H groups in total. The van der Waals surface area contributed by atoms with Crippen molar-refractivity contribution in [3.63, 3.8) is 0 Å². The van der Waals surface area contributed by atoms with E-state index in [1.54, 1.807) is 6.92 Å². The molecule has 5 nitrogen and oxygen atoms in total. The van der Waals surface area contributed by atoms with Crippen molar-refractivity contribution in [1.82, 2.24) is 5.32 Å². The molecule has 0 aliphatic rings. The van der Waals surface area contributed by atoms with Gasteiger partial charge in [0, 0.05) is 17.0 Å². The van der Waals surface area contributed by atoms with E-state index >= 15 is 0 Å². The van der Waals surface area contributed by atoms with Crippen molar-refractivity contribution in [3.8, 4) is 0 Å². The molecule has 0 spiro atoms. The van der Waals surface area contributed by atoms with Crippen molar-refractivity contribution in [2.75, 3.05) is 13.1 Å². The number of azide groups is 1. The van der Waals surface area contributed by atoms with Gasteiger partial charge in [0.25, 0.3) is 0 Å². The van der Waals surface area contributed by atoms with E-state index in [4.69, 9.17) is 5.53 Å². The van der Waals surface area contributed by atoms with E-state index < -0.39 is 0 Å². The van der Waals surface area contributed by atoms with E-state index in [0.717, 1.165) is 0 Å². The molecule has 0 saturated carbocycles. The topological polar surface area (TPSA) is 77.9 Å². The van der Waals surface area contributed by atoms with Crippen LogP contribution >= 0.6 is 0 Å². The van der Waals surface area contributed by atoms with Gasteiger partial charge >= 0.3 is 0 Å². The maximum Gasteiger partial charge on any atom is 0.246 e. The monoisotopic (exact) mass is 154 g/mol. The third-order valence-corrected chi connectivity index (χ3v) is 0.983. The molecule has 0 fully saturated rings. The third kappa shape index (κ3) is 4.00. The van der Waals surface area contributed by atoms with Crippen molar-refractivity contribution in [3.05, 3.63) is 22.6 Å². The highest BCUT2D eigenvalue weighted by Gasteiger charge is 2.02. The van der Waals surface area contributed by atoms with Crippen LogP contribution in [-0.4, -0.2) is 19.0 Å². The van der Waals surface area contributed by atoms with Crippen LogP contribution in [0.3, 0.4) is 0 Å². The number of amides is 1. The first-order chi connectivity index (χ1) is 5.22. The van der Waals surface area contributed by atoms with Crippen molar-refractivity contribution >= 4 is 5.91 Å². The van der Waals surface area contributed by atoms with Crippen LogP contribution in [0, 0.1) is 0 Å². The molecule has 0 aromatic heterocycles. The predicted molar refractivity (Wildman–Crippen MR) is 41.8 cm³/mol. The highest BCUT2D eigenvalue weighted by atomic mass is 16.1. The van der Waals surface area contributed by atoms with Crippen LogP contribution in [0.25, 0.3) is 10.4 Å². The molecule has 11 heavy (non-hydrogen) atoms. The van der Waals surface area contributed by atoms with E-state index in [9.17, 15) is 4.79 Å². The number of hydrogen-bond acceptors (Lipinski definition) is 2. The Morgan fingerprint density at radius 3 is 2.91 bits per heavy atom. The fourth-order valence-electron chi connectivity index (χ4n) is 0.474. The second kappa shape index (κ2) is 5.32. The molecule has 0 aliphatic carbocycles. The molecular weight excluding hydrogens is 144 g/mol. The molecule has 0 rings (SSSR count). The number of carbonyl (C=O) groups is 1. The molecule has 0 aromatic carbocycles. The Morgan fingerprint density at radius 1 is 1.82 bits per heavy atom. The Morgan fingerprint density at radius 2 is 2.45 bits per heavy atom. The van der Waals surface area contributed by atoms with Crippen LogP contribution in [0.1, 0.15) is 6.92 Å². The van der Waals surface area contributed by atoms with Gasteiger partial charge in [-0.3, -0.25) is 4.79 Å². The standard InChI is InChI=1S/C6H10N4O/c1-3-8-6(11)5(2)4-9-10-7/h2-4H2,1H3,(H,8,11). The summed E-state index contributed by atoms with van der Waals surface area (Å²) in [5.74, 6) is -0.264. The lowest BCUT2D eigenvalue weighted by atomic mass is 10.3. The van der Waals surface area contributed by atoms with E-state index in [-0.39, 0.29) is 18.0 Å². The summed E-state index contributed by atoms with van der Waals surface area (Å²) >= 11 is 0. The highest BCUT2D eigenvalue weighted by molar-refractivity contribution is 5.93. The van der Waals surface area contributed by atoms with Gasteiger partial charge in [-0.15, -0.1) is 0 Å². The summed E-state index contributed by atoms with van der Waals surface area (Å²) in [6.07, 6.45) is 0. The fourth-order valence-corrected chi connectivity index (χ4v) is 0.474. The molecule has 0 aliphatic heterocycles. The number of carbonyl (C=O) groups excluding carboxylic acids is 1. The molecule has 5 heteroatoms. The largest absolute Gasteiger partial charge is 0.353 e. The molecule has 0 unspecified atom stereocenters. The summed E-state index contributed by atoms with van der Waals surface area (Å²) in [5, 5.41) is 5.73. The summed E-state index contributed by atoms with van der Waals surface area (Å²) in [6.45, 7) is 5.82. The average molecular weight is 154 g/mol. The summed E-state index contributed by atoms with van der Waals surface area (Å²) in [6, 6.07) is 0. The predicted octanol–water partition coefficient (Wildman–Crippen LogP) is 0.989. The van der Waals surface area contributed by atoms with Gasteiger partial charge in [0.05, 0.1) is 6.54 Å². The van der Waals surface area contributed by atoms with E-state index in [0.29, 0.717) is 6.54 Å². The first kappa shape index (κ1) is 9.52. The van der Waals surface area contributed by atoms with Crippen LogP contribution in [0.5, 0.6) is 0 Å². The van der Waals surface area contributed by atoms with Crippen molar-refractivity contribution in [1.29, 1.82) is 0 Å². The van der Waals surface area contributed by atoms with Gasteiger partial charge < -0.3 is 5.32 Å². The maximum atomic E-state index is 10.9. The van der Waals surface area contributed by atoms with Gasteiger partial charge in [-0.1, -0.05) is 11.7 Å². The molecule has 0 bridgehead atoms. The molecule has 0 saturated heterocycles. The Hall–Kier alpha value is -1.48. The third-order valence-electron chi connectivity index (χ3n) is 0.983. The Kier molecular flexibility index (Phi) is 4.60. The van der Waals surface area contributed by atoms with Crippen LogP contribution in [0.15, 0.2) is 17.3 Å². The SMILES string of the molecule is C=C(CN=[N+]=[N-])C(=O)NCC. The van der Waals surface area contributed by atoms with Crippen molar-refractivity contribution in [2.24, 2.45) is 5.11 Å². The van der Waals surface area contributed by atoms with Gasteiger partial charge in [-0.2, -0.15) is 0 Å². The van der Waals surface area contributed by atoms with E-state index in [1.165, 1.54) is 0 Å². The number of rotatable bonds is 4. The Labute approximate surface area is 64.7 Å². The molecular formula is C6H10N4O. The molecule has 0 aromatic rings. The summed E-state index contributed by atoms with van der Waals surface area (Å²) in [4.78, 5) is 13.4. The maximum absolute atomic E-state index is 10.9. The van der Waals surface area contributed by atoms with Crippen LogP contribution < -0.4 is 5.32 Å². The van der Waals surface area contributed by atoms with Gasteiger partial charge in [0.2, 0.25) is 5.91 Å². The second-order valence-corrected chi connectivity index (χ2v) is 1.85. The van der Waals surface area contributed by atoms with Gasteiger partial charge in [-0.25, -0.2) is 0 Å². The molecule has 1 amide bonds. The molecule has 0 heterocycles. The normalized spacial score (nSPS) is 8.09. The lowest BCUT2D eigenvalue weighted by Gasteiger charge is -2.00. The summed E-state index contributed by atoms with van der Waals surface area (Å²) in [7, 11) is 0. The first-order valence-electron chi connectivity index (χ1n) is 3.19. The number of hydrogen-bond donors (Lipinski definition) is 1. The minimum Gasteiger partial charge on any atom is -0.353 e. The summed E-state index contributed by atoms with van der Waals surface area (Å²) in [5.41, 5.74) is 8.19. The second-order valence-electron chi connectivity index (χ2n) is 1.85. The molecule has 0 radical (unpaired) electrons. The lowest BCUT2D eigenvalue weighted by molar-refractivity contribution is -0.117. The molecule has 0 atom stereocenters. The minimum absolute atomic E-state index is 0.0301. The first-order valence-corrected chi connectivity index (χ1v) is 3.19. The lowest BCUT2D eigenvalue weighted by Crippen LogP contribution is -2.24. The number of nitrogens with zero attached hydrogens (tertiary/aromatic N) is 3. The Bertz CT molecular complexity index is 205. The zero-order chi connectivity index (χ0) is 8.69. The van der Waals surface area contributed by atoms with E-state index in [1.807, 2.05) is 0 Å². The van der Waals surface area contributed by atoms with Gasteiger partial charge in [0.1, 0.15) is 0 Å². The quantitative estimate of drug-likeness (QED) is 0.278. The van der Waals surface area contributed by atoms with Gasteiger partial charge in [0.15, 0.2) is 0 Å². The highest BCUT2D eigenvalue weighted by Crippen LogP contribution is 1.90. The van der Waals surface area contributed by atoms with Crippen molar-refractivity contribution < 1.29 is 4.79 Å². The Balaban J connectivity index is 3.83. The zero-order valence-electron chi connectivity index (χ0n) is 6.37. The minimum atomic E-state index is -0.264. The number of nitrogens with one attached hydrogen (secondary N) is 1. The fraction of sp³-hybridized carbons (Fsp3) is 0.500. The van der Waals surface area contributed by atoms with Crippen LogP contribution in [0.4, 0.5) is 0 Å². The van der Waals surface area contributed by atoms with Crippen molar-refractivity contribution in [2.45, 2.75) is 6.92 Å². The number of likely N-dealkylation sites (N-methyl/N-ethyl adjacent to an activating group) is 1. The van der Waals surface area contributed by atoms with Gasteiger partial charge in [-0.05, 0) is 12.5 Å². The average Bonchev–Trinajstić information content (AvgIpc) is 2.00. The van der Waals surface area contributed by atoms with E-state index in [2.05, 4.69) is 21.9 Å². The van der Waals surface area contributed by atoms with Crippen LogP contribution in [-0.2, 0) is 4.79 Å². The summed E-state index contributed by atoms with van der Waals surface area (Å²) < 4.78 is 0. The smallest absolute Gasteiger partial charge is 0.246 e. The van der Waals surface area contributed by atoms with Crippen LogP contribution in [0.2, 0.25) is 0 Å².